The number of nitrogens with one attached hydrogen (secondary N) is 1. The number of hydrogen-bond acceptors (Lipinski definition) is 13. The maximum Gasteiger partial charge on any atom is 0.279 e. The van der Waals surface area contributed by atoms with E-state index in [9.17, 15) is 35.8 Å². The Labute approximate surface area is 238 Å². The number of aliphatic hydroxyl groups is 1. The Kier molecular flexibility index (Phi) is 8.23. The smallest absolute Gasteiger partial charge is 0.279 e. The Morgan fingerprint density at radius 1 is 1.05 bits per heavy atom. The van der Waals surface area contributed by atoms with Crippen LogP contribution in [0.15, 0.2) is 86.1 Å². The van der Waals surface area contributed by atoms with Gasteiger partial charge in [-0.15, -0.1) is 21.6 Å². The molecule has 4 rings (SSSR count). The van der Waals surface area contributed by atoms with Gasteiger partial charge >= 0.3 is 0 Å². The van der Waals surface area contributed by atoms with Crippen molar-refractivity contribution in [2.24, 2.45) is 10.2 Å². The molecule has 0 aliphatic heterocycles. The lowest BCUT2D eigenvalue weighted by Crippen LogP contribution is -2.15. The van der Waals surface area contributed by atoms with Gasteiger partial charge in [-0.25, -0.2) is 21.8 Å². The van der Waals surface area contributed by atoms with Gasteiger partial charge in [-0.1, -0.05) is 18.2 Å². The van der Waals surface area contributed by atoms with Gasteiger partial charge in [-0.05, 0) is 55.8 Å². The molecule has 0 unspecified atom stereocenters. The van der Waals surface area contributed by atoms with Gasteiger partial charge in [0.05, 0.1) is 32.8 Å². The average molecular weight is 617 g/mol. The third-order valence-electron chi connectivity index (χ3n) is 5.61. The molecule has 0 aliphatic carbocycles. The van der Waals surface area contributed by atoms with E-state index in [1.165, 1.54) is 32.2 Å². The van der Waals surface area contributed by atoms with Crippen LogP contribution in [0.1, 0.15) is 12.5 Å². The quantitative estimate of drug-likeness (QED) is 0.121. The lowest BCUT2D eigenvalue weighted by molar-refractivity contribution is -0.113. The molecule has 3 aromatic carbocycles. The van der Waals surface area contributed by atoms with Crippen LogP contribution in [-0.2, 0) is 25.0 Å². The van der Waals surface area contributed by atoms with Gasteiger partial charge in [-0.3, -0.25) is 4.79 Å². The van der Waals surface area contributed by atoms with Crippen molar-refractivity contribution in [2.75, 3.05) is 12.4 Å². The highest BCUT2D eigenvalue weighted by Gasteiger charge is 2.19. The highest BCUT2D eigenvalue weighted by atomic mass is 32.2. The number of amides is 1. The second-order valence-electron chi connectivity index (χ2n) is 8.46. The minimum absolute atomic E-state index is 0.0791. The molecule has 0 spiro atoms. The topological polar surface area (TPSA) is 211 Å². The van der Waals surface area contributed by atoms with Gasteiger partial charge < -0.3 is 24.3 Å². The van der Waals surface area contributed by atoms with Crippen molar-refractivity contribution in [1.29, 1.82) is 0 Å². The van der Waals surface area contributed by atoms with Crippen LogP contribution < -0.4 is 10.1 Å². The van der Waals surface area contributed by atoms with Crippen molar-refractivity contribution in [3.8, 4) is 16.3 Å². The molecule has 0 atom stereocenters. The van der Waals surface area contributed by atoms with E-state index in [1.54, 1.807) is 24.3 Å². The molecule has 16 heteroatoms. The Morgan fingerprint density at radius 2 is 1.76 bits per heavy atom. The summed E-state index contributed by atoms with van der Waals surface area (Å²) in [5.41, 5.74) is -0.505. The number of allylic oxidation sites excluding steroid dienone is 1. The van der Waals surface area contributed by atoms with Gasteiger partial charge in [0.25, 0.3) is 5.91 Å². The van der Waals surface area contributed by atoms with Gasteiger partial charge in [0.2, 0.25) is 0 Å². The van der Waals surface area contributed by atoms with Crippen LogP contribution in [0.4, 0.5) is 11.4 Å². The number of hydrogen-bond donors (Lipinski definition) is 2. The minimum Gasteiger partial charge on any atom is -0.744 e. The number of benzene rings is 3. The maximum atomic E-state index is 12.8. The van der Waals surface area contributed by atoms with E-state index >= 15 is 0 Å². The fraction of sp³-hybridized carbons (Fsp3) is 0.120. The number of aromatic nitrogens is 1. The van der Waals surface area contributed by atoms with Crippen molar-refractivity contribution in [3.63, 3.8) is 0 Å². The number of thiazole rings is 1. The zero-order valence-corrected chi connectivity index (χ0v) is 23.9. The summed E-state index contributed by atoms with van der Waals surface area (Å²) in [6, 6.07) is 12.9. The fourth-order valence-corrected chi connectivity index (χ4v) is 6.28. The minimum atomic E-state index is -5.15. The van der Waals surface area contributed by atoms with Crippen LogP contribution in [0.2, 0.25) is 0 Å². The number of ether oxygens (including phenoxy) is 1. The van der Waals surface area contributed by atoms with E-state index in [0.717, 1.165) is 30.4 Å². The van der Waals surface area contributed by atoms with Crippen molar-refractivity contribution in [3.05, 3.63) is 71.6 Å². The Morgan fingerprint density at radius 3 is 2.39 bits per heavy atom. The summed E-state index contributed by atoms with van der Waals surface area (Å²) < 4.78 is 77.3. The zero-order valence-electron chi connectivity index (χ0n) is 21.5. The summed E-state index contributed by atoms with van der Waals surface area (Å²) in [5.74, 6) is -1.11. The highest BCUT2D eigenvalue weighted by Crippen LogP contribution is 2.37. The van der Waals surface area contributed by atoms with Crippen molar-refractivity contribution in [2.45, 2.75) is 23.6 Å². The number of para-hydroxylation sites is 2. The second-order valence-corrected chi connectivity index (χ2v) is 12.2. The number of methoxy groups -OCH3 is 1. The molecule has 41 heavy (non-hydrogen) atoms. The van der Waals surface area contributed by atoms with Crippen LogP contribution in [0, 0.1) is 6.92 Å². The number of azo groups is 1. The van der Waals surface area contributed by atoms with Gasteiger partial charge in [0.1, 0.15) is 42.4 Å². The fourth-order valence-electron chi connectivity index (χ4n) is 3.76. The van der Waals surface area contributed by atoms with E-state index < -0.39 is 53.1 Å². The Bertz CT molecular complexity index is 1960. The molecule has 4 aromatic rings. The second kappa shape index (κ2) is 11.3. The number of aliphatic hydroxyl groups excluding tert-OH is 1. The molecule has 1 heterocycles. The molecule has 0 fully saturated rings. The number of fused-ring (bicyclic) bond motifs is 1. The van der Waals surface area contributed by atoms with Crippen LogP contribution >= 0.6 is 11.3 Å². The summed E-state index contributed by atoms with van der Waals surface area (Å²) in [5, 5.41) is 20.1. The van der Waals surface area contributed by atoms with E-state index in [4.69, 9.17) is 4.74 Å². The van der Waals surface area contributed by atoms with Crippen molar-refractivity contribution < 1.29 is 40.6 Å². The van der Waals surface area contributed by atoms with Crippen molar-refractivity contribution in [1.82, 2.24) is 4.98 Å². The Hall–Kier alpha value is -4.22. The summed E-state index contributed by atoms with van der Waals surface area (Å²) in [6.45, 7) is 2.61. The number of carbonyl (C=O) groups is 1. The first-order chi connectivity index (χ1) is 19.2. The van der Waals surface area contributed by atoms with E-state index in [0.29, 0.717) is 10.4 Å². The van der Waals surface area contributed by atoms with E-state index in [2.05, 4.69) is 20.5 Å². The first-order valence-corrected chi connectivity index (χ1v) is 15.1. The predicted molar refractivity (Wildman–Crippen MR) is 147 cm³/mol. The maximum absolute atomic E-state index is 12.8. The molecule has 214 valence electrons. The number of nitrogens with zero attached hydrogens (tertiary/aromatic N) is 3. The molecule has 1 aromatic heterocycles. The Balaban J connectivity index is 1.74. The summed E-state index contributed by atoms with van der Waals surface area (Å²) in [4.78, 5) is 15.7. The molecule has 2 N–H and O–H groups in total. The third-order valence-corrected chi connectivity index (χ3v) is 8.56. The van der Waals surface area contributed by atoms with Crippen LogP contribution in [0.25, 0.3) is 20.8 Å². The number of rotatable bonds is 8. The molecule has 0 saturated carbocycles. The molecule has 0 saturated heterocycles. The van der Waals surface area contributed by atoms with Gasteiger partial charge in [-0.2, -0.15) is 0 Å². The van der Waals surface area contributed by atoms with Crippen LogP contribution in [0.5, 0.6) is 5.75 Å². The number of carbonyl (C=O) groups excluding carboxylic acids is 1. The van der Waals surface area contributed by atoms with Crippen LogP contribution in [0.3, 0.4) is 0 Å². The molecule has 0 aliphatic rings. The van der Waals surface area contributed by atoms with E-state index in [-0.39, 0.29) is 27.3 Å². The monoisotopic (exact) mass is 616 g/mol. The molecule has 1 amide bonds. The van der Waals surface area contributed by atoms with Gasteiger partial charge in [0.15, 0.2) is 5.70 Å². The van der Waals surface area contributed by atoms with Crippen molar-refractivity contribution >= 4 is 59.1 Å². The first kappa shape index (κ1) is 29.8. The average Bonchev–Trinajstić information content (AvgIpc) is 3.31. The van der Waals surface area contributed by atoms with E-state index in [1.807, 2.05) is 0 Å². The summed E-state index contributed by atoms with van der Waals surface area (Å²) >= 11 is 0.975. The molecule has 0 radical (unpaired) electrons. The summed E-state index contributed by atoms with van der Waals surface area (Å²) in [7, 11) is -8.61. The first-order valence-electron chi connectivity index (χ1n) is 11.4. The SMILES string of the molecule is COc1ccccc1NC(=O)C(N=Nc1ccc(-c2nc3c(S(=O)(=O)[O-])c(C)ccc3s2)cc1S(=O)(=O)[O-])=C(C)O. The zero-order chi connectivity index (χ0) is 30.1. The summed E-state index contributed by atoms with van der Waals surface area (Å²) in [6.07, 6.45) is 0. The molecular weight excluding hydrogens is 596 g/mol. The van der Waals surface area contributed by atoms with Gasteiger partial charge in [0, 0.05) is 5.56 Å². The lowest BCUT2D eigenvalue weighted by Gasteiger charge is -2.12. The largest absolute Gasteiger partial charge is 0.744 e. The van der Waals surface area contributed by atoms with Crippen LogP contribution in [-0.4, -0.2) is 49.0 Å². The number of anilines is 1. The highest BCUT2D eigenvalue weighted by molar-refractivity contribution is 7.86. The standard InChI is InChI=1S/C25H22N4O9S3/c1-13-8-11-19-22(23(13)41(35,36)37)27-25(39-19)15-9-10-17(20(12-15)40(32,33)34)28-29-21(14(2)30)24(31)26-16-6-4-5-7-18(16)38-3/h4-12,30H,1-3H3,(H,26,31)(H,32,33,34)(H,35,36,37)/p-2. The molecule has 0 bridgehead atoms. The number of aryl methyl sites for hydroxylation is 1. The molecule has 13 nitrogen and oxygen atoms in total. The predicted octanol–water partition coefficient (Wildman–Crippen LogP) is 4.60. The normalized spacial score (nSPS) is 12.9. The third kappa shape index (κ3) is 6.41. The lowest BCUT2D eigenvalue weighted by atomic mass is 10.2. The molecular formula is C25H20N4O9S3-2.